The van der Waals surface area contributed by atoms with E-state index in [1.165, 1.54) is 53.4 Å². The van der Waals surface area contributed by atoms with Gasteiger partial charge in [-0.3, -0.25) is 4.57 Å². The second-order valence-electron chi connectivity index (χ2n) is 15.1. The van der Waals surface area contributed by atoms with Gasteiger partial charge in [0.05, 0.1) is 16.6 Å². The maximum atomic E-state index is 5.43. The van der Waals surface area contributed by atoms with E-state index < -0.39 is 8.07 Å². The third kappa shape index (κ3) is 5.90. The van der Waals surface area contributed by atoms with E-state index in [0.29, 0.717) is 0 Å². The third-order valence-electron chi connectivity index (χ3n) is 11.9. The number of pyridine rings is 1. The van der Waals surface area contributed by atoms with Crippen LogP contribution in [-0.4, -0.2) is 17.6 Å². The standard InChI is InChI=1S/C55H38N2Si.CH4/c1-5-17-39(18-6-1)40-29-31-42(32-30-40)49-38-54(56-51-28-16-15-27-48(49)51)57-52-36-34-46(37-50(52)55-47-26-14-13-19-41(47)33-35-53(55)57)58(43-20-7-2-8-21-43,44-22-9-3-10-23-44)45-24-11-4-12-25-45;/h1-38H;1H4. The summed E-state index contributed by atoms with van der Waals surface area (Å²) < 4.78 is 2.39. The van der Waals surface area contributed by atoms with E-state index in [2.05, 4.69) is 235 Å². The minimum Gasteiger partial charge on any atom is -0.294 e. The second-order valence-corrected chi connectivity index (χ2v) is 18.9. The molecule has 11 aromatic rings. The predicted molar refractivity (Wildman–Crippen MR) is 255 cm³/mol. The zero-order valence-corrected chi connectivity index (χ0v) is 32.8. The molecular formula is C56H42N2Si. The monoisotopic (exact) mass is 770 g/mol. The van der Waals surface area contributed by atoms with Crippen molar-refractivity contribution in [1.29, 1.82) is 0 Å². The van der Waals surface area contributed by atoms with Gasteiger partial charge >= 0.3 is 0 Å². The van der Waals surface area contributed by atoms with Crippen LogP contribution in [0.2, 0.25) is 0 Å². The molecule has 0 saturated heterocycles. The molecule has 9 aromatic carbocycles. The van der Waals surface area contributed by atoms with Gasteiger partial charge in [-0.05, 0) is 78.0 Å². The third-order valence-corrected chi connectivity index (χ3v) is 16.7. The average Bonchev–Trinajstić information content (AvgIpc) is 3.65. The fourth-order valence-corrected chi connectivity index (χ4v) is 14.1. The highest BCUT2D eigenvalue weighted by atomic mass is 28.3. The van der Waals surface area contributed by atoms with Gasteiger partial charge in [-0.2, -0.15) is 0 Å². The van der Waals surface area contributed by atoms with Crippen LogP contribution < -0.4 is 20.7 Å². The molecule has 2 aromatic heterocycles. The lowest BCUT2D eigenvalue weighted by Crippen LogP contribution is -2.74. The second kappa shape index (κ2) is 14.9. The van der Waals surface area contributed by atoms with Gasteiger partial charge in [-0.1, -0.05) is 214 Å². The Hall–Kier alpha value is -7.33. The molecule has 0 spiro atoms. The first kappa shape index (κ1) is 36.0. The van der Waals surface area contributed by atoms with Crippen molar-refractivity contribution in [3.63, 3.8) is 0 Å². The van der Waals surface area contributed by atoms with Crippen molar-refractivity contribution in [2.24, 2.45) is 0 Å². The van der Waals surface area contributed by atoms with Crippen LogP contribution in [0.1, 0.15) is 7.43 Å². The van der Waals surface area contributed by atoms with Gasteiger partial charge in [0.25, 0.3) is 0 Å². The Bertz CT molecular complexity index is 3150. The Kier molecular flexibility index (Phi) is 9.09. The van der Waals surface area contributed by atoms with E-state index in [-0.39, 0.29) is 7.43 Å². The summed E-state index contributed by atoms with van der Waals surface area (Å²) in [4.78, 5) is 5.43. The molecule has 280 valence electrons. The van der Waals surface area contributed by atoms with Crippen LogP contribution >= 0.6 is 0 Å². The average molecular weight is 771 g/mol. The molecule has 0 atom stereocenters. The topological polar surface area (TPSA) is 17.8 Å². The van der Waals surface area contributed by atoms with Gasteiger partial charge in [0.15, 0.2) is 8.07 Å². The number of benzene rings is 9. The molecule has 11 rings (SSSR count). The molecule has 3 heteroatoms. The van der Waals surface area contributed by atoms with Gasteiger partial charge < -0.3 is 0 Å². The Morgan fingerprint density at radius 1 is 0.356 bits per heavy atom. The summed E-state index contributed by atoms with van der Waals surface area (Å²) in [5, 5.41) is 11.5. The van der Waals surface area contributed by atoms with E-state index in [9.17, 15) is 0 Å². The number of aromatic nitrogens is 2. The number of hydrogen-bond donors (Lipinski definition) is 0. The minimum atomic E-state index is -2.79. The molecule has 59 heavy (non-hydrogen) atoms. The van der Waals surface area contributed by atoms with Crippen molar-refractivity contribution in [2.75, 3.05) is 0 Å². The van der Waals surface area contributed by atoms with Crippen LogP contribution in [0.4, 0.5) is 0 Å². The van der Waals surface area contributed by atoms with E-state index in [1.54, 1.807) is 0 Å². The van der Waals surface area contributed by atoms with E-state index >= 15 is 0 Å². The van der Waals surface area contributed by atoms with Crippen molar-refractivity contribution in [3.05, 3.63) is 231 Å². The quantitative estimate of drug-likeness (QED) is 0.117. The fourth-order valence-electron chi connectivity index (χ4n) is 9.32. The van der Waals surface area contributed by atoms with Crippen LogP contribution in [-0.2, 0) is 0 Å². The van der Waals surface area contributed by atoms with Gasteiger partial charge in [0.2, 0.25) is 0 Å². The number of nitrogens with zero attached hydrogens (tertiary/aromatic N) is 2. The molecule has 0 saturated carbocycles. The molecule has 0 amide bonds. The first-order valence-corrected chi connectivity index (χ1v) is 22.0. The Balaban J connectivity index is 0.00000420. The van der Waals surface area contributed by atoms with E-state index in [0.717, 1.165) is 38.9 Å². The lowest BCUT2D eigenvalue weighted by atomic mass is 9.98. The SMILES string of the molecule is C.c1ccc(-c2ccc(-c3cc(-n4c5ccc([Si](c6ccccc6)(c6ccccc6)c6ccccc6)cc5c5c6ccccc6ccc54)nc4ccccc34)cc2)cc1. The Labute approximate surface area is 346 Å². The predicted octanol–water partition coefficient (Wildman–Crippen LogP) is 11.8. The summed E-state index contributed by atoms with van der Waals surface area (Å²) in [5.41, 5.74) is 8.00. The summed E-state index contributed by atoms with van der Waals surface area (Å²) in [6, 6.07) is 84.6. The molecule has 0 fully saturated rings. The van der Waals surface area contributed by atoms with Gasteiger partial charge in [0, 0.05) is 16.2 Å². The Morgan fingerprint density at radius 3 is 1.51 bits per heavy atom. The normalized spacial score (nSPS) is 11.6. The molecule has 0 unspecified atom stereocenters. The van der Waals surface area contributed by atoms with Crippen molar-refractivity contribution >= 4 is 72.3 Å². The number of rotatable bonds is 7. The van der Waals surface area contributed by atoms with Gasteiger partial charge in [0.1, 0.15) is 5.82 Å². The molecule has 0 aliphatic rings. The smallest absolute Gasteiger partial charge is 0.179 e. The van der Waals surface area contributed by atoms with Crippen LogP contribution in [0.5, 0.6) is 0 Å². The van der Waals surface area contributed by atoms with Crippen LogP contribution in [0, 0.1) is 0 Å². The Morgan fingerprint density at radius 2 is 0.864 bits per heavy atom. The highest BCUT2D eigenvalue weighted by Crippen LogP contribution is 2.39. The summed E-state index contributed by atoms with van der Waals surface area (Å²) in [5.74, 6) is 0.904. The summed E-state index contributed by atoms with van der Waals surface area (Å²) in [6.45, 7) is 0. The molecule has 0 radical (unpaired) electrons. The van der Waals surface area contributed by atoms with Crippen LogP contribution in [0.3, 0.4) is 0 Å². The molecule has 0 aliphatic carbocycles. The largest absolute Gasteiger partial charge is 0.294 e. The number of hydrogen-bond acceptors (Lipinski definition) is 1. The molecule has 0 aliphatic heterocycles. The van der Waals surface area contributed by atoms with Gasteiger partial charge in [-0.15, -0.1) is 0 Å². The first-order chi connectivity index (χ1) is 28.8. The van der Waals surface area contributed by atoms with E-state index in [1.807, 2.05) is 0 Å². The van der Waals surface area contributed by atoms with Crippen LogP contribution in [0.15, 0.2) is 231 Å². The fraction of sp³-hybridized carbons (Fsp3) is 0.0179. The lowest BCUT2D eigenvalue weighted by Gasteiger charge is -2.34. The zero-order chi connectivity index (χ0) is 38.5. The molecule has 0 N–H and O–H groups in total. The van der Waals surface area contributed by atoms with Crippen molar-refractivity contribution in [1.82, 2.24) is 9.55 Å². The van der Waals surface area contributed by atoms with Crippen molar-refractivity contribution in [3.8, 4) is 28.1 Å². The van der Waals surface area contributed by atoms with Crippen molar-refractivity contribution in [2.45, 2.75) is 7.43 Å². The summed E-state index contributed by atoms with van der Waals surface area (Å²) in [7, 11) is -2.79. The molecular weight excluding hydrogens is 729 g/mol. The molecule has 2 heterocycles. The zero-order valence-electron chi connectivity index (χ0n) is 31.8. The minimum absolute atomic E-state index is 0. The maximum absolute atomic E-state index is 5.43. The van der Waals surface area contributed by atoms with Crippen molar-refractivity contribution < 1.29 is 0 Å². The number of para-hydroxylation sites is 1. The van der Waals surface area contributed by atoms with Gasteiger partial charge in [-0.25, -0.2) is 4.98 Å². The maximum Gasteiger partial charge on any atom is 0.179 e. The molecule has 2 nitrogen and oxygen atoms in total. The molecule has 0 bridgehead atoms. The lowest BCUT2D eigenvalue weighted by molar-refractivity contribution is 1.10. The first-order valence-electron chi connectivity index (χ1n) is 20.0. The van der Waals surface area contributed by atoms with Crippen LogP contribution in [0.25, 0.3) is 71.6 Å². The van der Waals surface area contributed by atoms with E-state index in [4.69, 9.17) is 4.98 Å². The highest BCUT2D eigenvalue weighted by molar-refractivity contribution is 7.20. The number of fused-ring (bicyclic) bond motifs is 6. The summed E-state index contributed by atoms with van der Waals surface area (Å²) >= 11 is 0. The highest BCUT2D eigenvalue weighted by Gasteiger charge is 2.41. The summed E-state index contributed by atoms with van der Waals surface area (Å²) in [6.07, 6.45) is 0.